The number of benzene rings is 2. The zero-order chi connectivity index (χ0) is 16.4. The van der Waals surface area contributed by atoms with Crippen molar-refractivity contribution in [1.82, 2.24) is 0 Å². The van der Waals surface area contributed by atoms with E-state index in [0.29, 0.717) is 5.88 Å². The predicted octanol–water partition coefficient (Wildman–Crippen LogP) is 4.01. The summed E-state index contributed by atoms with van der Waals surface area (Å²) in [5.74, 6) is 0.317. The Morgan fingerprint density at radius 3 is 1.91 bits per heavy atom. The van der Waals surface area contributed by atoms with Gasteiger partial charge in [-0.05, 0) is 11.1 Å². The molecule has 0 radical (unpaired) electrons. The lowest BCUT2D eigenvalue weighted by molar-refractivity contribution is 0.562. The first-order chi connectivity index (χ1) is 11.0. The van der Waals surface area contributed by atoms with E-state index in [9.17, 15) is 8.42 Å². The van der Waals surface area contributed by atoms with Gasteiger partial charge >= 0.3 is 0 Å². The molecule has 3 aromatic rings. The predicted molar refractivity (Wildman–Crippen MR) is 92.8 cm³/mol. The van der Waals surface area contributed by atoms with Crippen LogP contribution in [0, 0.1) is 0 Å². The smallest absolute Gasteiger partial charge is 0.234 e. The van der Waals surface area contributed by atoms with E-state index in [1.54, 1.807) is 6.26 Å². The van der Waals surface area contributed by atoms with Crippen molar-refractivity contribution >= 4 is 15.9 Å². The average molecular weight is 327 g/mol. The van der Waals surface area contributed by atoms with Crippen LogP contribution in [0.5, 0.6) is 0 Å². The Labute approximate surface area is 136 Å². The van der Waals surface area contributed by atoms with Crippen molar-refractivity contribution in [3.05, 3.63) is 66.9 Å². The van der Waals surface area contributed by atoms with Crippen molar-refractivity contribution in [3.63, 3.8) is 0 Å². The summed E-state index contributed by atoms with van der Waals surface area (Å²) >= 11 is 0. The summed E-state index contributed by atoms with van der Waals surface area (Å²) < 4.78 is 30.7. The largest absolute Gasteiger partial charge is 0.446 e. The highest BCUT2D eigenvalue weighted by Crippen LogP contribution is 2.41. The molecule has 0 aliphatic heterocycles. The molecule has 0 amide bonds. The minimum Gasteiger partial charge on any atom is -0.446 e. The maximum Gasteiger partial charge on any atom is 0.234 e. The first-order valence-corrected chi connectivity index (χ1v) is 8.99. The maximum atomic E-state index is 11.9. The van der Waals surface area contributed by atoms with Crippen LogP contribution in [-0.4, -0.2) is 21.7 Å². The molecule has 1 aromatic heterocycles. The molecule has 0 fully saturated rings. The third-order valence-corrected chi connectivity index (χ3v) is 4.86. The second-order valence-corrected chi connectivity index (χ2v) is 7.31. The Bertz CT molecular complexity index is 900. The summed E-state index contributed by atoms with van der Waals surface area (Å²) in [4.78, 5) is 0. The fraction of sp³-hybridized carbons (Fsp3) is 0.111. The van der Waals surface area contributed by atoms with Gasteiger partial charge in [-0.15, -0.1) is 0 Å². The number of sulfonamides is 1. The van der Waals surface area contributed by atoms with E-state index in [1.165, 1.54) is 11.4 Å². The van der Waals surface area contributed by atoms with Gasteiger partial charge in [0.15, 0.2) is 0 Å². The van der Waals surface area contributed by atoms with E-state index >= 15 is 0 Å². The number of hydrogen-bond acceptors (Lipinski definition) is 3. The van der Waals surface area contributed by atoms with Crippen LogP contribution < -0.4 is 4.31 Å². The molecule has 0 saturated carbocycles. The molecule has 4 nitrogen and oxygen atoms in total. The zero-order valence-corrected chi connectivity index (χ0v) is 13.7. The van der Waals surface area contributed by atoms with Gasteiger partial charge in [0.2, 0.25) is 15.9 Å². The lowest BCUT2D eigenvalue weighted by atomic mass is 9.98. The molecule has 118 valence electrons. The molecule has 0 saturated heterocycles. The van der Waals surface area contributed by atoms with Gasteiger partial charge in [-0.1, -0.05) is 60.7 Å². The lowest BCUT2D eigenvalue weighted by Gasteiger charge is -2.16. The van der Waals surface area contributed by atoms with Gasteiger partial charge in [0.05, 0.1) is 11.8 Å². The van der Waals surface area contributed by atoms with Crippen molar-refractivity contribution in [2.75, 3.05) is 17.6 Å². The van der Waals surface area contributed by atoms with Crippen LogP contribution in [-0.2, 0) is 10.0 Å². The number of rotatable bonds is 4. The summed E-state index contributed by atoms with van der Waals surface area (Å²) in [5.41, 5.74) is 3.51. The van der Waals surface area contributed by atoms with Gasteiger partial charge in [-0.25, -0.2) is 12.7 Å². The van der Waals surface area contributed by atoms with Gasteiger partial charge in [0.25, 0.3) is 0 Å². The molecule has 0 bridgehead atoms. The van der Waals surface area contributed by atoms with Gasteiger partial charge in [0.1, 0.15) is 6.26 Å². The van der Waals surface area contributed by atoms with Gasteiger partial charge < -0.3 is 4.42 Å². The fourth-order valence-electron chi connectivity index (χ4n) is 2.44. The SMILES string of the molecule is CN(c1occ(-c2ccccc2)c1-c1ccccc1)S(C)(=O)=O. The molecule has 0 N–H and O–H groups in total. The fourth-order valence-corrected chi connectivity index (χ4v) is 2.88. The van der Waals surface area contributed by atoms with Crippen LogP contribution in [0.3, 0.4) is 0 Å². The average Bonchev–Trinajstić information content (AvgIpc) is 2.99. The minimum atomic E-state index is -3.42. The van der Waals surface area contributed by atoms with E-state index in [2.05, 4.69) is 0 Å². The molecule has 0 aliphatic carbocycles. The van der Waals surface area contributed by atoms with Gasteiger partial charge in [0, 0.05) is 12.6 Å². The highest BCUT2D eigenvalue weighted by Gasteiger charge is 2.24. The summed E-state index contributed by atoms with van der Waals surface area (Å²) in [7, 11) is -1.92. The van der Waals surface area contributed by atoms with Gasteiger partial charge in [-0.2, -0.15) is 0 Å². The normalized spacial score (nSPS) is 11.4. The van der Waals surface area contributed by atoms with Crippen LogP contribution in [0.4, 0.5) is 5.88 Å². The summed E-state index contributed by atoms with van der Waals surface area (Å²) in [5, 5.41) is 0. The molecule has 3 rings (SSSR count). The quantitative estimate of drug-likeness (QED) is 0.727. The molecule has 2 aromatic carbocycles. The van der Waals surface area contributed by atoms with Crippen LogP contribution in [0.2, 0.25) is 0 Å². The Kier molecular flexibility index (Phi) is 3.96. The van der Waals surface area contributed by atoms with Crippen molar-refractivity contribution in [3.8, 4) is 22.3 Å². The topological polar surface area (TPSA) is 50.5 Å². The number of nitrogens with zero attached hydrogens (tertiary/aromatic N) is 1. The Morgan fingerprint density at radius 2 is 1.39 bits per heavy atom. The van der Waals surface area contributed by atoms with E-state index < -0.39 is 10.0 Å². The third kappa shape index (κ3) is 3.00. The summed E-state index contributed by atoms with van der Waals surface area (Å²) in [6, 6.07) is 19.4. The first-order valence-electron chi connectivity index (χ1n) is 7.14. The maximum absolute atomic E-state index is 11.9. The number of anilines is 1. The van der Waals surface area contributed by atoms with Crippen LogP contribution in [0.15, 0.2) is 71.3 Å². The zero-order valence-electron chi connectivity index (χ0n) is 12.9. The van der Waals surface area contributed by atoms with E-state index in [-0.39, 0.29) is 0 Å². The molecular weight excluding hydrogens is 310 g/mol. The first kappa shape index (κ1) is 15.4. The molecule has 0 atom stereocenters. The summed E-state index contributed by atoms with van der Waals surface area (Å²) in [6.07, 6.45) is 2.77. The molecule has 1 heterocycles. The number of hydrogen-bond donors (Lipinski definition) is 0. The molecular formula is C18H17NO3S. The monoisotopic (exact) mass is 327 g/mol. The second-order valence-electron chi connectivity index (χ2n) is 5.29. The van der Waals surface area contributed by atoms with Crippen molar-refractivity contribution in [2.45, 2.75) is 0 Å². The molecule has 0 unspecified atom stereocenters. The van der Waals surface area contributed by atoms with Gasteiger partial charge in [-0.3, -0.25) is 0 Å². The van der Waals surface area contributed by atoms with Crippen LogP contribution in [0.25, 0.3) is 22.3 Å². The van der Waals surface area contributed by atoms with E-state index in [1.807, 2.05) is 60.7 Å². The minimum absolute atomic E-state index is 0.317. The Hall–Kier alpha value is -2.53. The Morgan fingerprint density at radius 1 is 0.870 bits per heavy atom. The van der Waals surface area contributed by atoms with Crippen molar-refractivity contribution in [2.24, 2.45) is 0 Å². The molecule has 0 spiro atoms. The third-order valence-electron chi connectivity index (χ3n) is 3.70. The second kappa shape index (κ2) is 5.93. The number of furan rings is 1. The van der Waals surface area contributed by atoms with Crippen LogP contribution in [0.1, 0.15) is 0 Å². The van der Waals surface area contributed by atoms with Crippen LogP contribution >= 0.6 is 0 Å². The van der Waals surface area contributed by atoms with Crippen molar-refractivity contribution < 1.29 is 12.8 Å². The summed E-state index contributed by atoms with van der Waals surface area (Å²) in [6.45, 7) is 0. The van der Waals surface area contributed by atoms with E-state index in [4.69, 9.17) is 4.42 Å². The molecule has 5 heteroatoms. The Balaban J connectivity index is 2.26. The molecule has 0 aliphatic rings. The lowest BCUT2D eigenvalue weighted by Crippen LogP contribution is -2.24. The highest BCUT2D eigenvalue weighted by atomic mass is 32.2. The van der Waals surface area contributed by atoms with Crippen molar-refractivity contribution in [1.29, 1.82) is 0 Å². The standard InChI is InChI=1S/C18H17NO3S/c1-19(23(2,20)21)18-17(15-11-7-4-8-12-15)16(13-22-18)14-9-5-3-6-10-14/h3-13H,1-2H3. The van der Waals surface area contributed by atoms with E-state index in [0.717, 1.165) is 28.5 Å². The highest BCUT2D eigenvalue weighted by molar-refractivity contribution is 7.92. The molecule has 23 heavy (non-hydrogen) atoms.